The van der Waals surface area contributed by atoms with Gasteiger partial charge in [0, 0.05) is 6.04 Å². The Labute approximate surface area is 82.3 Å². The Morgan fingerprint density at radius 1 is 1.00 bits per heavy atom. The SMILES string of the molecule is Cl.NC1CCCCCC1C(F)(F)F. The lowest BCUT2D eigenvalue weighted by Gasteiger charge is -2.23. The lowest BCUT2D eigenvalue weighted by molar-refractivity contribution is -0.181. The van der Waals surface area contributed by atoms with Gasteiger partial charge in [-0.2, -0.15) is 13.2 Å². The molecule has 1 nitrogen and oxygen atoms in total. The van der Waals surface area contributed by atoms with Gasteiger partial charge in [0.05, 0.1) is 5.92 Å². The molecular formula is C8H15ClF3N. The molecule has 0 aliphatic heterocycles. The maximum Gasteiger partial charge on any atom is 0.393 e. The summed E-state index contributed by atoms with van der Waals surface area (Å²) in [5.74, 6) is -1.26. The first-order valence-corrected chi connectivity index (χ1v) is 4.34. The van der Waals surface area contributed by atoms with E-state index in [2.05, 4.69) is 0 Å². The molecule has 1 saturated carbocycles. The van der Waals surface area contributed by atoms with E-state index in [9.17, 15) is 13.2 Å². The minimum atomic E-state index is -4.09. The average molecular weight is 218 g/mol. The lowest BCUT2D eigenvalue weighted by atomic mass is 9.95. The van der Waals surface area contributed by atoms with Crippen molar-refractivity contribution in [2.45, 2.75) is 44.3 Å². The molecule has 0 aromatic carbocycles. The number of halogens is 4. The summed E-state index contributed by atoms with van der Waals surface area (Å²) in [6.07, 6.45) is -0.968. The summed E-state index contributed by atoms with van der Waals surface area (Å²) in [6.45, 7) is 0. The van der Waals surface area contributed by atoms with Gasteiger partial charge in [-0.1, -0.05) is 19.3 Å². The number of alkyl halides is 3. The van der Waals surface area contributed by atoms with Crippen molar-refractivity contribution in [3.05, 3.63) is 0 Å². The third-order valence-electron chi connectivity index (χ3n) is 2.49. The third-order valence-corrected chi connectivity index (χ3v) is 2.49. The maximum absolute atomic E-state index is 12.3. The molecule has 0 spiro atoms. The summed E-state index contributed by atoms with van der Waals surface area (Å²) < 4.78 is 36.9. The van der Waals surface area contributed by atoms with Crippen molar-refractivity contribution < 1.29 is 13.2 Å². The van der Waals surface area contributed by atoms with Gasteiger partial charge < -0.3 is 5.73 Å². The highest BCUT2D eigenvalue weighted by molar-refractivity contribution is 5.85. The molecule has 0 radical (unpaired) electrons. The van der Waals surface area contributed by atoms with E-state index < -0.39 is 18.1 Å². The van der Waals surface area contributed by atoms with Crippen LogP contribution in [0.15, 0.2) is 0 Å². The Kier molecular flexibility index (Phi) is 5.07. The van der Waals surface area contributed by atoms with Gasteiger partial charge in [0.1, 0.15) is 0 Å². The van der Waals surface area contributed by atoms with Gasteiger partial charge in [-0.3, -0.25) is 0 Å². The Morgan fingerprint density at radius 2 is 1.54 bits per heavy atom. The summed E-state index contributed by atoms with van der Waals surface area (Å²) in [5.41, 5.74) is 5.45. The molecule has 0 heterocycles. The van der Waals surface area contributed by atoms with Crippen molar-refractivity contribution in [3.63, 3.8) is 0 Å². The molecule has 0 bridgehead atoms. The van der Waals surface area contributed by atoms with Crippen LogP contribution >= 0.6 is 12.4 Å². The van der Waals surface area contributed by atoms with E-state index in [1.165, 1.54) is 0 Å². The van der Waals surface area contributed by atoms with Crippen LogP contribution in [0.3, 0.4) is 0 Å². The van der Waals surface area contributed by atoms with Crippen molar-refractivity contribution in [2.24, 2.45) is 11.7 Å². The first-order valence-electron chi connectivity index (χ1n) is 4.34. The predicted molar refractivity (Wildman–Crippen MR) is 47.9 cm³/mol. The van der Waals surface area contributed by atoms with E-state index in [1.807, 2.05) is 0 Å². The molecule has 0 amide bonds. The first kappa shape index (κ1) is 13.0. The van der Waals surface area contributed by atoms with Crippen molar-refractivity contribution in [1.82, 2.24) is 0 Å². The van der Waals surface area contributed by atoms with E-state index in [1.54, 1.807) is 0 Å². The third kappa shape index (κ3) is 3.73. The van der Waals surface area contributed by atoms with Crippen molar-refractivity contribution in [3.8, 4) is 0 Å². The molecule has 2 atom stereocenters. The highest BCUT2D eigenvalue weighted by Crippen LogP contribution is 2.35. The Morgan fingerprint density at radius 3 is 2.08 bits per heavy atom. The second-order valence-electron chi connectivity index (χ2n) is 3.45. The van der Waals surface area contributed by atoms with Crippen LogP contribution in [-0.2, 0) is 0 Å². The molecule has 13 heavy (non-hydrogen) atoms. The molecule has 0 aromatic rings. The Hall–Kier alpha value is 0.0400. The quantitative estimate of drug-likeness (QED) is 0.621. The molecule has 0 aromatic heterocycles. The van der Waals surface area contributed by atoms with Gasteiger partial charge in [0.25, 0.3) is 0 Å². The Bertz CT molecular complexity index is 149. The molecule has 1 rings (SSSR count). The largest absolute Gasteiger partial charge is 0.393 e. The number of rotatable bonds is 0. The standard InChI is InChI=1S/C8H14F3N.ClH/c9-8(10,11)6-4-2-1-3-5-7(6)12;/h6-7H,1-5,12H2;1H. The van der Waals surface area contributed by atoms with Gasteiger partial charge in [0.15, 0.2) is 0 Å². The highest BCUT2D eigenvalue weighted by atomic mass is 35.5. The molecule has 1 fully saturated rings. The minimum absolute atomic E-state index is 0. The van der Waals surface area contributed by atoms with E-state index in [0.717, 1.165) is 12.8 Å². The van der Waals surface area contributed by atoms with Crippen molar-refractivity contribution >= 4 is 12.4 Å². The van der Waals surface area contributed by atoms with Gasteiger partial charge in [-0.15, -0.1) is 12.4 Å². The van der Waals surface area contributed by atoms with E-state index in [0.29, 0.717) is 12.8 Å². The fourth-order valence-electron chi connectivity index (χ4n) is 1.74. The van der Waals surface area contributed by atoms with Crippen LogP contribution in [0.1, 0.15) is 32.1 Å². The van der Waals surface area contributed by atoms with Gasteiger partial charge >= 0.3 is 6.18 Å². The van der Waals surface area contributed by atoms with E-state index in [4.69, 9.17) is 5.73 Å². The number of nitrogens with two attached hydrogens (primary N) is 1. The van der Waals surface area contributed by atoms with Crippen LogP contribution in [0.25, 0.3) is 0 Å². The van der Waals surface area contributed by atoms with Crippen LogP contribution < -0.4 is 5.73 Å². The molecule has 1 aliphatic rings. The van der Waals surface area contributed by atoms with Gasteiger partial charge in [-0.25, -0.2) is 0 Å². The highest BCUT2D eigenvalue weighted by Gasteiger charge is 2.43. The molecule has 2 N–H and O–H groups in total. The summed E-state index contributed by atoms with van der Waals surface area (Å²) in [7, 11) is 0. The monoisotopic (exact) mass is 217 g/mol. The van der Waals surface area contributed by atoms with Gasteiger partial charge in [0.2, 0.25) is 0 Å². The molecule has 80 valence electrons. The summed E-state index contributed by atoms with van der Waals surface area (Å²) in [5, 5.41) is 0. The van der Waals surface area contributed by atoms with Crippen LogP contribution in [0, 0.1) is 5.92 Å². The Balaban J connectivity index is 0.00000144. The lowest BCUT2D eigenvalue weighted by Crippen LogP contribution is -2.38. The zero-order chi connectivity index (χ0) is 9.19. The van der Waals surface area contributed by atoms with E-state index >= 15 is 0 Å². The second kappa shape index (κ2) is 5.05. The maximum atomic E-state index is 12.3. The molecule has 2 unspecified atom stereocenters. The first-order chi connectivity index (χ1) is 5.52. The predicted octanol–water partition coefficient (Wildman–Crippen LogP) is 2.88. The summed E-state index contributed by atoms with van der Waals surface area (Å²) >= 11 is 0. The smallest absolute Gasteiger partial charge is 0.327 e. The zero-order valence-electron chi connectivity index (χ0n) is 7.31. The normalized spacial score (nSPS) is 30.5. The zero-order valence-corrected chi connectivity index (χ0v) is 8.13. The van der Waals surface area contributed by atoms with E-state index in [-0.39, 0.29) is 18.8 Å². The number of hydrogen-bond acceptors (Lipinski definition) is 1. The average Bonchev–Trinajstić information content (AvgIpc) is 2.11. The number of hydrogen-bond donors (Lipinski definition) is 1. The van der Waals surface area contributed by atoms with Crippen molar-refractivity contribution in [2.75, 3.05) is 0 Å². The molecule has 1 aliphatic carbocycles. The molecular weight excluding hydrogens is 203 g/mol. The van der Waals surface area contributed by atoms with Gasteiger partial charge in [-0.05, 0) is 12.8 Å². The molecule has 5 heteroatoms. The summed E-state index contributed by atoms with van der Waals surface area (Å²) in [6, 6.07) is -0.674. The summed E-state index contributed by atoms with van der Waals surface area (Å²) in [4.78, 5) is 0. The van der Waals surface area contributed by atoms with Crippen molar-refractivity contribution in [1.29, 1.82) is 0 Å². The topological polar surface area (TPSA) is 26.0 Å². The van der Waals surface area contributed by atoms with Crippen LogP contribution in [0.4, 0.5) is 13.2 Å². The van der Waals surface area contributed by atoms with Crippen LogP contribution in [0.5, 0.6) is 0 Å². The molecule has 0 saturated heterocycles. The fraction of sp³-hybridized carbons (Fsp3) is 1.00. The fourth-order valence-corrected chi connectivity index (χ4v) is 1.74. The van der Waals surface area contributed by atoms with Crippen LogP contribution in [-0.4, -0.2) is 12.2 Å². The minimum Gasteiger partial charge on any atom is -0.327 e. The second-order valence-corrected chi connectivity index (χ2v) is 3.45. The van der Waals surface area contributed by atoms with Crippen LogP contribution in [0.2, 0.25) is 0 Å².